The van der Waals surface area contributed by atoms with Gasteiger partial charge in [0.25, 0.3) is 5.91 Å². The SMILES string of the molecule is O=C(c1cc(Br)ccc1Cl)N1CCCN(S(=O)(=O)c2ccc(F)cc2)CC1. The van der Waals surface area contributed by atoms with Gasteiger partial charge in [-0.3, -0.25) is 4.79 Å². The summed E-state index contributed by atoms with van der Waals surface area (Å²) in [7, 11) is -3.74. The fraction of sp³-hybridized carbons (Fsp3) is 0.278. The lowest BCUT2D eigenvalue weighted by Crippen LogP contribution is -2.37. The lowest BCUT2D eigenvalue weighted by molar-refractivity contribution is 0.0764. The molecule has 0 unspecified atom stereocenters. The van der Waals surface area contributed by atoms with E-state index in [1.807, 2.05) is 0 Å². The predicted molar refractivity (Wildman–Crippen MR) is 105 cm³/mol. The van der Waals surface area contributed by atoms with Crippen molar-refractivity contribution in [1.82, 2.24) is 9.21 Å². The highest BCUT2D eigenvalue weighted by Gasteiger charge is 2.29. The Morgan fingerprint density at radius 2 is 1.74 bits per heavy atom. The van der Waals surface area contributed by atoms with Crippen LogP contribution in [0.5, 0.6) is 0 Å². The molecule has 0 saturated carbocycles. The van der Waals surface area contributed by atoms with Crippen LogP contribution >= 0.6 is 27.5 Å². The quantitative estimate of drug-likeness (QED) is 0.679. The van der Waals surface area contributed by atoms with Gasteiger partial charge in [0.05, 0.1) is 15.5 Å². The third-order valence-electron chi connectivity index (χ3n) is 4.35. The van der Waals surface area contributed by atoms with E-state index in [0.29, 0.717) is 23.6 Å². The highest BCUT2D eigenvalue weighted by atomic mass is 79.9. The van der Waals surface area contributed by atoms with Gasteiger partial charge >= 0.3 is 0 Å². The second-order valence-electron chi connectivity index (χ2n) is 6.13. The second-order valence-corrected chi connectivity index (χ2v) is 9.39. The average molecular weight is 476 g/mol. The maximum absolute atomic E-state index is 13.1. The van der Waals surface area contributed by atoms with Gasteiger partial charge in [0, 0.05) is 30.7 Å². The first-order chi connectivity index (χ1) is 12.8. The van der Waals surface area contributed by atoms with Crippen molar-refractivity contribution in [1.29, 1.82) is 0 Å². The zero-order chi connectivity index (χ0) is 19.6. The molecule has 1 amide bonds. The third kappa shape index (κ3) is 4.51. The van der Waals surface area contributed by atoms with Crippen LogP contribution in [0.1, 0.15) is 16.8 Å². The molecule has 5 nitrogen and oxygen atoms in total. The number of hydrogen-bond donors (Lipinski definition) is 0. The molecule has 0 aliphatic carbocycles. The van der Waals surface area contributed by atoms with Crippen LogP contribution in [0.15, 0.2) is 51.8 Å². The Bertz CT molecular complexity index is 954. The second kappa shape index (κ2) is 8.26. The molecule has 0 atom stereocenters. The molecule has 0 bridgehead atoms. The summed E-state index contributed by atoms with van der Waals surface area (Å²) in [6, 6.07) is 9.79. The number of hydrogen-bond acceptors (Lipinski definition) is 3. The van der Waals surface area contributed by atoms with E-state index >= 15 is 0 Å². The number of carbonyl (C=O) groups is 1. The smallest absolute Gasteiger partial charge is 0.255 e. The fourth-order valence-corrected chi connectivity index (χ4v) is 4.95. The van der Waals surface area contributed by atoms with Crippen molar-refractivity contribution < 1.29 is 17.6 Å². The molecule has 27 heavy (non-hydrogen) atoms. The van der Waals surface area contributed by atoms with E-state index in [-0.39, 0.29) is 30.4 Å². The summed E-state index contributed by atoms with van der Waals surface area (Å²) in [6.07, 6.45) is 0.498. The number of rotatable bonds is 3. The largest absolute Gasteiger partial charge is 0.337 e. The Morgan fingerprint density at radius 1 is 1.04 bits per heavy atom. The van der Waals surface area contributed by atoms with Crippen LogP contribution in [0.4, 0.5) is 4.39 Å². The number of carbonyl (C=O) groups excluding carboxylic acids is 1. The fourth-order valence-electron chi connectivity index (χ4n) is 2.92. The summed E-state index contributed by atoms with van der Waals surface area (Å²) < 4.78 is 40.7. The van der Waals surface area contributed by atoms with Crippen LogP contribution < -0.4 is 0 Å². The van der Waals surface area contributed by atoms with Crippen LogP contribution in [-0.2, 0) is 10.0 Å². The van der Waals surface area contributed by atoms with Crippen LogP contribution in [0, 0.1) is 5.82 Å². The first-order valence-corrected chi connectivity index (χ1v) is 10.9. The molecule has 1 saturated heterocycles. The molecule has 3 rings (SSSR count). The van der Waals surface area contributed by atoms with E-state index in [4.69, 9.17) is 11.6 Å². The topological polar surface area (TPSA) is 57.7 Å². The molecule has 2 aromatic carbocycles. The average Bonchev–Trinajstić information content (AvgIpc) is 2.90. The van der Waals surface area contributed by atoms with E-state index in [0.717, 1.165) is 16.6 Å². The zero-order valence-electron chi connectivity index (χ0n) is 14.2. The van der Waals surface area contributed by atoms with Gasteiger partial charge in [0.1, 0.15) is 5.82 Å². The summed E-state index contributed by atoms with van der Waals surface area (Å²) in [4.78, 5) is 14.4. The summed E-state index contributed by atoms with van der Waals surface area (Å²) in [5, 5.41) is 0.350. The van der Waals surface area contributed by atoms with Gasteiger partial charge in [0.15, 0.2) is 0 Å². The van der Waals surface area contributed by atoms with Crippen molar-refractivity contribution in [3.8, 4) is 0 Å². The van der Waals surface area contributed by atoms with Crippen molar-refractivity contribution in [2.75, 3.05) is 26.2 Å². The lowest BCUT2D eigenvalue weighted by Gasteiger charge is -2.22. The van der Waals surface area contributed by atoms with Gasteiger partial charge in [-0.05, 0) is 48.9 Å². The molecule has 1 aliphatic heterocycles. The molecule has 1 aliphatic rings. The minimum atomic E-state index is -3.74. The number of sulfonamides is 1. The third-order valence-corrected chi connectivity index (χ3v) is 7.09. The normalized spacial score (nSPS) is 16.2. The first-order valence-electron chi connectivity index (χ1n) is 8.29. The van der Waals surface area contributed by atoms with Crippen molar-refractivity contribution in [3.63, 3.8) is 0 Å². The van der Waals surface area contributed by atoms with Crippen LogP contribution in [0.2, 0.25) is 5.02 Å². The van der Waals surface area contributed by atoms with Gasteiger partial charge in [-0.15, -0.1) is 0 Å². The molecule has 0 N–H and O–H groups in total. The summed E-state index contributed by atoms with van der Waals surface area (Å²) in [5.74, 6) is -0.727. The van der Waals surface area contributed by atoms with Crippen molar-refractivity contribution in [2.45, 2.75) is 11.3 Å². The number of benzene rings is 2. The Hall–Kier alpha value is -1.48. The van der Waals surface area contributed by atoms with Gasteiger partial charge < -0.3 is 4.90 Å². The van der Waals surface area contributed by atoms with E-state index in [9.17, 15) is 17.6 Å². The lowest BCUT2D eigenvalue weighted by atomic mass is 10.2. The molecular formula is C18H17BrClFN2O3S. The Labute approximate surface area is 170 Å². The Balaban J connectivity index is 1.76. The number of halogens is 3. The summed E-state index contributed by atoms with van der Waals surface area (Å²) >= 11 is 9.47. The van der Waals surface area contributed by atoms with Gasteiger partial charge in [-0.25, -0.2) is 12.8 Å². The Morgan fingerprint density at radius 3 is 2.44 bits per heavy atom. The molecule has 0 spiro atoms. The van der Waals surface area contributed by atoms with Crippen molar-refractivity contribution in [3.05, 3.63) is 63.3 Å². The molecule has 1 heterocycles. The first kappa shape index (κ1) is 20.3. The molecule has 9 heteroatoms. The molecule has 1 fully saturated rings. The predicted octanol–water partition coefficient (Wildman–Crippen LogP) is 3.78. The molecule has 144 valence electrons. The number of amides is 1. The van der Waals surface area contributed by atoms with Crippen LogP contribution in [-0.4, -0.2) is 49.7 Å². The maximum atomic E-state index is 13.1. The minimum Gasteiger partial charge on any atom is -0.337 e. The van der Waals surface area contributed by atoms with Crippen LogP contribution in [0.3, 0.4) is 0 Å². The molecule has 2 aromatic rings. The maximum Gasteiger partial charge on any atom is 0.255 e. The van der Waals surface area contributed by atoms with Crippen molar-refractivity contribution >= 4 is 43.5 Å². The minimum absolute atomic E-state index is 0.0405. The Kier molecular flexibility index (Phi) is 6.20. The number of nitrogens with zero attached hydrogens (tertiary/aromatic N) is 2. The van der Waals surface area contributed by atoms with Crippen molar-refractivity contribution in [2.24, 2.45) is 0 Å². The molecule has 0 radical (unpaired) electrons. The van der Waals surface area contributed by atoms with Gasteiger partial charge in [-0.1, -0.05) is 27.5 Å². The van der Waals surface area contributed by atoms with Crippen LogP contribution in [0.25, 0.3) is 0 Å². The summed E-state index contributed by atoms with van der Waals surface area (Å²) in [5.41, 5.74) is 0.376. The highest BCUT2D eigenvalue weighted by molar-refractivity contribution is 9.10. The van der Waals surface area contributed by atoms with Gasteiger partial charge in [0.2, 0.25) is 10.0 Å². The summed E-state index contributed by atoms with van der Waals surface area (Å²) in [6.45, 7) is 1.13. The van der Waals surface area contributed by atoms with E-state index in [1.54, 1.807) is 23.1 Å². The zero-order valence-corrected chi connectivity index (χ0v) is 17.4. The molecular weight excluding hydrogens is 459 g/mol. The van der Waals surface area contributed by atoms with E-state index < -0.39 is 15.8 Å². The standard InChI is InChI=1S/C18H17BrClFN2O3S/c19-13-2-7-17(20)16(12-13)18(24)22-8-1-9-23(11-10-22)27(25,26)15-5-3-14(21)4-6-15/h2-7,12H,1,8-11H2. The van der Waals surface area contributed by atoms with E-state index in [1.165, 1.54) is 16.4 Å². The highest BCUT2D eigenvalue weighted by Crippen LogP contribution is 2.24. The van der Waals surface area contributed by atoms with Gasteiger partial charge in [-0.2, -0.15) is 4.31 Å². The molecule has 0 aromatic heterocycles. The monoisotopic (exact) mass is 474 g/mol. The van der Waals surface area contributed by atoms with E-state index in [2.05, 4.69) is 15.9 Å².